The van der Waals surface area contributed by atoms with Crippen LogP contribution in [0.3, 0.4) is 0 Å². The Bertz CT molecular complexity index is 403. The molecule has 0 amide bonds. The maximum absolute atomic E-state index is 13.3. The van der Waals surface area contributed by atoms with Crippen LogP contribution in [-0.4, -0.2) is 28.8 Å². The molecule has 16 heavy (non-hydrogen) atoms. The Labute approximate surface area is 95.7 Å². The van der Waals surface area contributed by atoms with E-state index in [0.717, 1.165) is 0 Å². The van der Waals surface area contributed by atoms with Crippen LogP contribution in [0.4, 0.5) is 14.5 Å². The Morgan fingerprint density at radius 3 is 2.19 bits per heavy atom. The highest BCUT2D eigenvalue weighted by Crippen LogP contribution is 2.22. The first kappa shape index (κ1) is 11.5. The van der Waals surface area contributed by atoms with Crippen molar-refractivity contribution in [2.45, 2.75) is 6.92 Å². The average molecular weight is 245 g/mol. The molecule has 1 aliphatic heterocycles. The molecule has 0 saturated carbocycles. The molecule has 2 nitrogen and oxygen atoms in total. The maximum atomic E-state index is 13.3. The van der Waals surface area contributed by atoms with Gasteiger partial charge in [0.05, 0.1) is 0 Å². The molecule has 1 aromatic rings. The monoisotopic (exact) mass is 245 g/mol. The molecule has 1 fully saturated rings. The van der Waals surface area contributed by atoms with Gasteiger partial charge >= 0.3 is 0 Å². The first-order valence-electron chi connectivity index (χ1n) is 5.13. The summed E-state index contributed by atoms with van der Waals surface area (Å²) in [6.45, 7) is 2.60. The summed E-state index contributed by atoms with van der Waals surface area (Å²) in [7, 11) is -0.779. The van der Waals surface area contributed by atoms with Gasteiger partial charge in [-0.15, -0.1) is 0 Å². The fourth-order valence-corrected chi connectivity index (χ4v) is 2.76. The zero-order valence-corrected chi connectivity index (χ0v) is 9.82. The smallest absolute Gasteiger partial charge is 0.131 e. The van der Waals surface area contributed by atoms with Gasteiger partial charge in [0.2, 0.25) is 0 Å². The SMILES string of the molecule is Cc1c(F)cc(N2CCS(=O)CC2)cc1F. The molecule has 0 aliphatic carbocycles. The van der Waals surface area contributed by atoms with Crippen LogP contribution in [0.15, 0.2) is 12.1 Å². The minimum Gasteiger partial charge on any atom is -0.370 e. The van der Waals surface area contributed by atoms with E-state index in [1.807, 2.05) is 4.90 Å². The number of benzene rings is 1. The standard InChI is InChI=1S/C11H13F2NOS/c1-8-10(12)6-9(7-11(8)13)14-2-4-16(15)5-3-14/h6-7H,2-5H2,1H3. The van der Waals surface area contributed by atoms with Gasteiger partial charge in [0, 0.05) is 46.6 Å². The number of hydrogen-bond acceptors (Lipinski definition) is 2. The van der Waals surface area contributed by atoms with Crippen molar-refractivity contribution < 1.29 is 13.0 Å². The van der Waals surface area contributed by atoms with E-state index in [0.29, 0.717) is 30.3 Å². The zero-order chi connectivity index (χ0) is 11.7. The minimum atomic E-state index is -0.779. The summed E-state index contributed by atoms with van der Waals surface area (Å²) in [6, 6.07) is 2.68. The highest BCUT2D eigenvalue weighted by molar-refractivity contribution is 7.85. The second-order valence-corrected chi connectivity index (χ2v) is 5.57. The van der Waals surface area contributed by atoms with Crippen molar-refractivity contribution in [1.82, 2.24) is 0 Å². The Hall–Kier alpha value is -0.970. The fourth-order valence-electron chi connectivity index (χ4n) is 1.71. The van der Waals surface area contributed by atoms with E-state index in [9.17, 15) is 13.0 Å². The van der Waals surface area contributed by atoms with Crippen molar-refractivity contribution in [3.63, 3.8) is 0 Å². The largest absolute Gasteiger partial charge is 0.370 e. The summed E-state index contributed by atoms with van der Waals surface area (Å²) in [5.41, 5.74) is 0.585. The molecule has 88 valence electrons. The van der Waals surface area contributed by atoms with Gasteiger partial charge in [0.25, 0.3) is 0 Å². The molecule has 2 rings (SSSR count). The van der Waals surface area contributed by atoms with Gasteiger partial charge in [-0.1, -0.05) is 0 Å². The van der Waals surface area contributed by atoms with Crippen LogP contribution in [0.5, 0.6) is 0 Å². The van der Waals surface area contributed by atoms with E-state index in [-0.39, 0.29) is 5.56 Å². The van der Waals surface area contributed by atoms with E-state index in [2.05, 4.69) is 0 Å². The van der Waals surface area contributed by atoms with E-state index >= 15 is 0 Å². The lowest BCUT2D eigenvalue weighted by Gasteiger charge is -2.28. The van der Waals surface area contributed by atoms with Crippen LogP contribution in [0, 0.1) is 18.6 Å². The van der Waals surface area contributed by atoms with Crippen molar-refractivity contribution in [3.8, 4) is 0 Å². The van der Waals surface area contributed by atoms with Crippen molar-refractivity contribution in [2.75, 3.05) is 29.5 Å². The van der Waals surface area contributed by atoms with E-state index in [4.69, 9.17) is 0 Å². The number of nitrogens with zero attached hydrogens (tertiary/aromatic N) is 1. The molecule has 0 unspecified atom stereocenters. The highest BCUT2D eigenvalue weighted by atomic mass is 32.2. The number of hydrogen-bond donors (Lipinski definition) is 0. The van der Waals surface area contributed by atoms with Crippen molar-refractivity contribution in [2.24, 2.45) is 0 Å². The molecule has 1 aliphatic rings. The first-order valence-corrected chi connectivity index (χ1v) is 6.62. The summed E-state index contributed by atoms with van der Waals surface area (Å²) in [4.78, 5) is 1.87. The van der Waals surface area contributed by atoms with Crippen LogP contribution in [0.2, 0.25) is 0 Å². The molecule has 0 bridgehead atoms. The maximum Gasteiger partial charge on any atom is 0.131 e. The second-order valence-electron chi connectivity index (χ2n) is 3.87. The normalized spacial score (nSPS) is 17.8. The second kappa shape index (κ2) is 4.49. The van der Waals surface area contributed by atoms with Crippen molar-refractivity contribution >= 4 is 16.5 Å². The third kappa shape index (κ3) is 2.24. The Kier molecular flexibility index (Phi) is 3.23. The Morgan fingerprint density at radius 1 is 1.19 bits per heavy atom. The summed E-state index contributed by atoms with van der Waals surface area (Å²) >= 11 is 0. The molecule has 1 aromatic carbocycles. The van der Waals surface area contributed by atoms with Gasteiger partial charge < -0.3 is 4.90 Å². The number of rotatable bonds is 1. The summed E-state index contributed by atoms with van der Waals surface area (Å²) in [5.74, 6) is 0.0807. The fraction of sp³-hybridized carbons (Fsp3) is 0.455. The van der Waals surface area contributed by atoms with Crippen LogP contribution >= 0.6 is 0 Å². The van der Waals surface area contributed by atoms with E-state index in [1.54, 1.807) is 0 Å². The average Bonchev–Trinajstić information content (AvgIpc) is 2.26. The molecule has 1 saturated heterocycles. The topological polar surface area (TPSA) is 20.3 Å². The van der Waals surface area contributed by atoms with Crippen LogP contribution in [0.25, 0.3) is 0 Å². The summed E-state index contributed by atoms with van der Waals surface area (Å²) < 4.78 is 37.9. The van der Waals surface area contributed by atoms with E-state index < -0.39 is 22.4 Å². The lowest BCUT2D eigenvalue weighted by atomic mass is 10.2. The molecule has 0 N–H and O–H groups in total. The number of anilines is 1. The highest BCUT2D eigenvalue weighted by Gasteiger charge is 2.17. The van der Waals surface area contributed by atoms with Crippen molar-refractivity contribution in [1.29, 1.82) is 0 Å². The van der Waals surface area contributed by atoms with Gasteiger partial charge in [0.1, 0.15) is 11.6 Å². The predicted octanol–water partition coefficient (Wildman–Crippen LogP) is 1.84. The zero-order valence-electron chi connectivity index (χ0n) is 9.00. The summed E-state index contributed by atoms with van der Waals surface area (Å²) in [6.07, 6.45) is 0. The third-order valence-corrected chi connectivity index (χ3v) is 4.08. The molecule has 5 heteroatoms. The molecule has 0 radical (unpaired) electrons. The lowest BCUT2D eigenvalue weighted by Crippen LogP contribution is -2.37. The lowest BCUT2D eigenvalue weighted by molar-refractivity contribution is 0.567. The number of halogens is 2. The van der Waals surface area contributed by atoms with Crippen LogP contribution in [0.1, 0.15) is 5.56 Å². The quantitative estimate of drug-likeness (QED) is 0.752. The first-order chi connectivity index (χ1) is 7.58. The van der Waals surface area contributed by atoms with Crippen LogP contribution < -0.4 is 4.90 Å². The van der Waals surface area contributed by atoms with Crippen LogP contribution in [-0.2, 0) is 10.8 Å². The van der Waals surface area contributed by atoms with Gasteiger partial charge in [-0.2, -0.15) is 0 Å². The van der Waals surface area contributed by atoms with Crippen molar-refractivity contribution in [3.05, 3.63) is 29.3 Å². The molecule has 0 aromatic heterocycles. The van der Waals surface area contributed by atoms with E-state index in [1.165, 1.54) is 19.1 Å². The van der Waals surface area contributed by atoms with Gasteiger partial charge in [-0.25, -0.2) is 8.78 Å². The molecule has 1 heterocycles. The summed E-state index contributed by atoms with van der Waals surface area (Å²) in [5, 5.41) is 0. The minimum absolute atomic E-state index is 0.0457. The van der Waals surface area contributed by atoms with Gasteiger partial charge in [-0.05, 0) is 19.1 Å². The molecule has 0 atom stereocenters. The predicted molar refractivity (Wildman–Crippen MR) is 61.2 cm³/mol. The molecule has 0 spiro atoms. The third-order valence-electron chi connectivity index (χ3n) is 2.81. The van der Waals surface area contributed by atoms with Gasteiger partial charge in [0.15, 0.2) is 0 Å². The molecular weight excluding hydrogens is 232 g/mol. The Balaban J connectivity index is 2.24. The molecular formula is C11H13F2NOS. The Morgan fingerprint density at radius 2 is 1.69 bits per heavy atom. The van der Waals surface area contributed by atoms with Gasteiger partial charge in [-0.3, -0.25) is 4.21 Å².